The van der Waals surface area contributed by atoms with Crippen molar-refractivity contribution in [1.82, 2.24) is 4.90 Å². The van der Waals surface area contributed by atoms with Gasteiger partial charge in [0.1, 0.15) is 0 Å². The van der Waals surface area contributed by atoms with Crippen molar-refractivity contribution in [3.8, 4) is 0 Å². The first kappa shape index (κ1) is 16.0. The maximum atomic E-state index is 12.2. The van der Waals surface area contributed by atoms with Gasteiger partial charge in [-0.1, -0.05) is 22.9 Å². The van der Waals surface area contributed by atoms with Gasteiger partial charge in [0.2, 0.25) is 0 Å². The molecular weight excluding hydrogens is 308 g/mol. The van der Waals surface area contributed by atoms with Crippen molar-refractivity contribution in [3.63, 3.8) is 0 Å². The normalized spacial score (nSPS) is 10.4. The van der Waals surface area contributed by atoms with E-state index >= 15 is 0 Å². The second-order valence-electron chi connectivity index (χ2n) is 4.56. The summed E-state index contributed by atoms with van der Waals surface area (Å²) in [6, 6.07) is 3.78. The molecule has 0 heterocycles. The Kier molecular flexibility index (Phi) is 6.31. The Morgan fingerprint density at radius 2 is 1.89 bits per heavy atom. The fraction of sp³-hybridized carbons (Fsp3) is 0.500. The minimum atomic E-state index is -0.163. The first-order valence-corrected chi connectivity index (χ1v) is 7.22. The van der Waals surface area contributed by atoms with E-state index in [0.717, 1.165) is 27.7 Å². The number of aryl methyl sites for hydroxylation is 2. The molecule has 0 spiro atoms. The maximum Gasteiger partial charge on any atom is 0.321 e. The Morgan fingerprint density at radius 1 is 1.32 bits per heavy atom. The number of carbonyl (C=O) groups excluding carboxylic acids is 1. The summed E-state index contributed by atoms with van der Waals surface area (Å²) in [7, 11) is 0. The average Bonchev–Trinajstić information content (AvgIpc) is 2.33. The van der Waals surface area contributed by atoms with Crippen LogP contribution in [0.15, 0.2) is 16.6 Å². The van der Waals surface area contributed by atoms with Crippen molar-refractivity contribution in [2.24, 2.45) is 0 Å². The summed E-state index contributed by atoms with van der Waals surface area (Å²) in [5.74, 6) is 0. The first-order chi connectivity index (χ1) is 8.99. The Labute approximate surface area is 122 Å². The van der Waals surface area contributed by atoms with Crippen LogP contribution in [0.2, 0.25) is 0 Å². The van der Waals surface area contributed by atoms with Crippen LogP contribution in [0.25, 0.3) is 0 Å². The van der Waals surface area contributed by atoms with E-state index in [2.05, 4.69) is 21.2 Å². The molecule has 1 aromatic rings. The van der Waals surface area contributed by atoms with E-state index in [1.54, 1.807) is 4.90 Å². The van der Waals surface area contributed by atoms with Crippen molar-refractivity contribution in [3.05, 3.63) is 27.7 Å². The molecule has 0 atom stereocenters. The van der Waals surface area contributed by atoms with Gasteiger partial charge in [-0.15, -0.1) is 0 Å². The maximum absolute atomic E-state index is 12.2. The van der Waals surface area contributed by atoms with E-state index in [1.165, 1.54) is 0 Å². The third kappa shape index (κ3) is 4.51. The minimum absolute atomic E-state index is 0.0221. The number of carbonyl (C=O) groups is 1. The van der Waals surface area contributed by atoms with E-state index in [1.807, 2.05) is 32.9 Å². The zero-order valence-electron chi connectivity index (χ0n) is 11.7. The van der Waals surface area contributed by atoms with E-state index < -0.39 is 0 Å². The summed E-state index contributed by atoms with van der Waals surface area (Å²) < 4.78 is 1.00. The van der Waals surface area contributed by atoms with Crippen LogP contribution in [0.5, 0.6) is 0 Å². The highest BCUT2D eigenvalue weighted by atomic mass is 79.9. The lowest BCUT2D eigenvalue weighted by molar-refractivity contribution is 0.188. The van der Waals surface area contributed by atoms with Gasteiger partial charge in [0.05, 0.1) is 6.61 Å². The number of hydrogen-bond donors (Lipinski definition) is 2. The number of aliphatic hydroxyl groups excluding tert-OH is 1. The van der Waals surface area contributed by atoms with Crippen LogP contribution < -0.4 is 5.32 Å². The summed E-state index contributed by atoms with van der Waals surface area (Å²) in [6.45, 7) is 6.90. The fourth-order valence-electron chi connectivity index (χ4n) is 2.00. The fourth-order valence-corrected chi connectivity index (χ4v) is 2.69. The SMILES string of the molecule is CCCN(CCO)C(=O)Nc1c(C)cc(Br)cc1C. The van der Waals surface area contributed by atoms with Crippen LogP contribution in [-0.4, -0.2) is 35.7 Å². The zero-order valence-corrected chi connectivity index (χ0v) is 13.2. The van der Waals surface area contributed by atoms with Gasteiger partial charge in [0, 0.05) is 23.2 Å². The van der Waals surface area contributed by atoms with Crippen LogP contribution in [0.1, 0.15) is 24.5 Å². The Hall–Kier alpha value is -1.07. The standard InChI is InChI=1S/C14H21BrN2O2/c1-4-5-17(6-7-18)14(19)16-13-10(2)8-12(15)9-11(13)3/h8-9,18H,4-7H2,1-3H3,(H,16,19). The molecule has 19 heavy (non-hydrogen) atoms. The molecule has 2 N–H and O–H groups in total. The average molecular weight is 329 g/mol. The monoisotopic (exact) mass is 328 g/mol. The van der Waals surface area contributed by atoms with Crippen LogP contribution in [-0.2, 0) is 0 Å². The summed E-state index contributed by atoms with van der Waals surface area (Å²) in [4.78, 5) is 13.8. The topological polar surface area (TPSA) is 52.6 Å². The molecule has 106 valence electrons. The van der Waals surface area contributed by atoms with Gasteiger partial charge >= 0.3 is 6.03 Å². The van der Waals surface area contributed by atoms with Gasteiger partial charge in [0.15, 0.2) is 0 Å². The van der Waals surface area contributed by atoms with Gasteiger partial charge in [0.25, 0.3) is 0 Å². The van der Waals surface area contributed by atoms with Crippen molar-refractivity contribution in [1.29, 1.82) is 0 Å². The van der Waals surface area contributed by atoms with Gasteiger partial charge in [-0.05, 0) is 43.5 Å². The summed E-state index contributed by atoms with van der Waals surface area (Å²) >= 11 is 3.44. The predicted molar refractivity (Wildman–Crippen MR) is 81.6 cm³/mol. The van der Waals surface area contributed by atoms with E-state index in [9.17, 15) is 4.79 Å². The molecule has 0 saturated carbocycles. The number of benzene rings is 1. The van der Waals surface area contributed by atoms with Crippen LogP contribution >= 0.6 is 15.9 Å². The molecule has 0 aliphatic rings. The number of hydrogen-bond acceptors (Lipinski definition) is 2. The molecule has 0 bridgehead atoms. The molecule has 0 fully saturated rings. The van der Waals surface area contributed by atoms with E-state index in [4.69, 9.17) is 5.11 Å². The molecule has 2 amide bonds. The van der Waals surface area contributed by atoms with Gasteiger partial charge in [-0.3, -0.25) is 0 Å². The third-order valence-electron chi connectivity index (χ3n) is 2.88. The minimum Gasteiger partial charge on any atom is -0.395 e. The molecule has 1 aromatic carbocycles. The summed E-state index contributed by atoms with van der Waals surface area (Å²) in [5.41, 5.74) is 2.87. The first-order valence-electron chi connectivity index (χ1n) is 6.43. The second kappa shape index (κ2) is 7.50. The lowest BCUT2D eigenvalue weighted by atomic mass is 10.1. The van der Waals surface area contributed by atoms with Crippen LogP contribution in [0.3, 0.4) is 0 Å². The molecule has 0 saturated heterocycles. The van der Waals surface area contributed by atoms with Gasteiger partial charge in [-0.25, -0.2) is 4.79 Å². The van der Waals surface area contributed by atoms with E-state index in [0.29, 0.717) is 13.1 Å². The highest BCUT2D eigenvalue weighted by molar-refractivity contribution is 9.10. The lowest BCUT2D eigenvalue weighted by Crippen LogP contribution is -2.37. The highest BCUT2D eigenvalue weighted by Crippen LogP contribution is 2.25. The van der Waals surface area contributed by atoms with Crippen molar-refractivity contribution in [2.75, 3.05) is 25.0 Å². The van der Waals surface area contributed by atoms with Gasteiger partial charge < -0.3 is 15.3 Å². The molecule has 0 aromatic heterocycles. The number of rotatable bonds is 5. The molecule has 0 unspecified atom stereocenters. The lowest BCUT2D eigenvalue weighted by Gasteiger charge is -2.23. The Morgan fingerprint density at radius 3 is 2.37 bits per heavy atom. The molecule has 1 rings (SSSR count). The number of halogens is 1. The second-order valence-corrected chi connectivity index (χ2v) is 5.47. The zero-order chi connectivity index (χ0) is 14.4. The molecule has 4 nitrogen and oxygen atoms in total. The quantitative estimate of drug-likeness (QED) is 0.871. The van der Waals surface area contributed by atoms with Crippen LogP contribution in [0, 0.1) is 13.8 Å². The molecule has 0 radical (unpaired) electrons. The Bertz CT molecular complexity index is 420. The number of urea groups is 1. The molecular formula is C14H21BrN2O2. The van der Waals surface area contributed by atoms with E-state index in [-0.39, 0.29) is 12.6 Å². The smallest absolute Gasteiger partial charge is 0.321 e. The number of nitrogens with one attached hydrogen (secondary N) is 1. The predicted octanol–water partition coefficient (Wildman–Crippen LogP) is 3.30. The van der Waals surface area contributed by atoms with Gasteiger partial charge in [-0.2, -0.15) is 0 Å². The molecule has 0 aliphatic heterocycles. The summed E-state index contributed by atoms with van der Waals surface area (Å²) in [6.07, 6.45) is 0.867. The number of aliphatic hydroxyl groups is 1. The molecule has 5 heteroatoms. The van der Waals surface area contributed by atoms with Crippen molar-refractivity contribution >= 4 is 27.6 Å². The number of anilines is 1. The number of nitrogens with zero attached hydrogens (tertiary/aromatic N) is 1. The Balaban J connectivity index is 2.86. The largest absolute Gasteiger partial charge is 0.395 e. The molecule has 0 aliphatic carbocycles. The highest BCUT2D eigenvalue weighted by Gasteiger charge is 2.14. The van der Waals surface area contributed by atoms with Crippen molar-refractivity contribution < 1.29 is 9.90 Å². The van der Waals surface area contributed by atoms with Crippen LogP contribution in [0.4, 0.5) is 10.5 Å². The summed E-state index contributed by atoms with van der Waals surface area (Å²) in [5, 5.41) is 11.9. The van der Waals surface area contributed by atoms with Crippen molar-refractivity contribution in [2.45, 2.75) is 27.2 Å². The third-order valence-corrected chi connectivity index (χ3v) is 3.34. The number of amides is 2.